The Balaban J connectivity index is 1.68. The molecular weight excluding hydrogens is 318 g/mol. The highest BCUT2D eigenvalue weighted by molar-refractivity contribution is 6.30. The van der Waals surface area contributed by atoms with Gasteiger partial charge >= 0.3 is 5.97 Å². The lowest BCUT2D eigenvalue weighted by molar-refractivity contribution is -0.152. The van der Waals surface area contributed by atoms with Crippen molar-refractivity contribution in [3.05, 3.63) is 34.9 Å². The molecule has 124 valence electrons. The fourth-order valence-corrected chi connectivity index (χ4v) is 3.30. The molecule has 2 fully saturated rings. The fraction of sp³-hybridized carbons (Fsp3) is 0.529. The number of carbonyl (C=O) groups is 2. The van der Waals surface area contributed by atoms with Gasteiger partial charge < -0.3 is 15.2 Å². The molecule has 3 atom stereocenters. The molecule has 0 spiro atoms. The van der Waals surface area contributed by atoms with E-state index in [4.69, 9.17) is 21.4 Å². The topological polar surface area (TPSA) is 75.6 Å². The highest BCUT2D eigenvalue weighted by Crippen LogP contribution is 2.38. The van der Waals surface area contributed by atoms with Crippen LogP contribution < -0.4 is 5.32 Å². The van der Waals surface area contributed by atoms with Gasteiger partial charge in [-0.25, -0.2) is 4.79 Å². The van der Waals surface area contributed by atoms with Crippen molar-refractivity contribution < 1.29 is 19.4 Å². The third kappa shape index (κ3) is 3.67. The van der Waals surface area contributed by atoms with Gasteiger partial charge in [-0.1, -0.05) is 30.2 Å². The van der Waals surface area contributed by atoms with Crippen molar-refractivity contribution in [2.24, 2.45) is 5.92 Å². The molecule has 1 aliphatic carbocycles. The summed E-state index contributed by atoms with van der Waals surface area (Å²) in [5.74, 6) is -0.814. The van der Waals surface area contributed by atoms with Gasteiger partial charge in [0, 0.05) is 5.02 Å². The number of nitrogens with one attached hydrogen (secondary N) is 1. The van der Waals surface area contributed by atoms with Gasteiger partial charge in [-0.15, -0.1) is 0 Å². The predicted octanol–water partition coefficient (Wildman–Crippen LogP) is 2.93. The maximum Gasteiger partial charge on any atom is 0.332 e. The number of carboxylic acids is 1. The van der Waals surface area contributed by atoms with Crippen LogP contribution in [0.1, 0.15) is 43.7 Å². The molecule has 0 bridgehead atoms. The molecule has 2 N–H and O–H groups in total. The number of hydrogen-bond donors (Lipinski definition) is 2. The van der Waals surface area contributed by atoms with Crippen molar-refractivity contribution in [3.8, 4) is 0 Å². The van der Waals surface area contributed by atoms with E-state index in [0.717, 1.165) is 18.4 Å². The smallest absolute Gasteiger partial charge is 0.332 e. The number of carboxylic acid groups (broad SMARTS) is 1. The van der Waals surface area contributed by atoms with Crippen LogP contribution in [-0.4, -0.2) is 29.2 Å². The van der Waals surface area contributed by atoms with Crippen LogP contribution in [0.4, 0.5) is 0 Å². The Kier molecular flexibility index (Phi) is 4.87. The van der Waals surface area contributed by atoms with Crippen molar-refractivity contribution in [2.45, 2.75) is 50.4 Å². The summed E-state index contributed by atoms with van der Waals surface area (Å²) in [7, 11) is 0. The monoisotopic (exact) mass is 337 g/mol. The standard InChI is InChI=1S/C17H20ClNO4/c18-12-6-4-11(5-7-12)15(10-2-1-3-10)19-16(20)13-8-9-14(23-13)17(21)22/h4-7,10,13-15H,1-3,8-9H2,(H,19,20)(H,21,22)/t13-,14+,15?/m0/s1. The molecule has 23 heavy (non-hydrogen) atoms. The third-order valence-electron chi connectivity index (χ3n) is 4.74. The minimum Gasteiger partial charge on any atom is -0.479 e. The van der Waals surface area contributed by atoms with Crippen molar-refractivity contribution in [3.63, 3.8) is 0 Å². The summed E-state index contributed by atoms with van der Waals surface area (Å²) in [5, 5.41) is 12.7. The van der Waals surface area contributed by atoms with Gasteiger partial charge in [0.1, 0.15) is 6.10 Å². The summed E-state index contributed by atoms with van der Waals surface area (Å²) in [6.07, 6.45) is 2.61. The quantitative estimate of drug-likeness (QED) is 0.866. The van der Waals surface area contributed by atoms with Crippen LogP contribution in [0.25, 0.3) is 0 Å². The van der Waals surface area contributed by atoms with Crippen LogP contribution >= 0.6 is 11.6 Å². The van der Waals surface area contributed by atoms with Gasteiger partial charge in [-0.2, -0.15) is 0 Å². The second kappa shape index (κ2) is 6.89. The number of rotatable bonds is 5. The van der Waals surface area contributed by atoms with Crippen LogP contribution in [0.5, 0.6) is 0 Å². The van der Waals surface area contributed by atoms with E-state index in [-0.39, 0.29) is 11.9 Å². The minimum absolute atomic E-state index is 0.0685. The van der Waals surface area contributed by atoms with Crippen molar-refractivity contribution in [1.29, 1.82) is 0 Å². The molecule has 3 rings (SSSR count). The van der Waals surface area contributed by atoms with Crippen LogP contribution in [0.3, 0.4) is 0 Å². The zero-order valence-corrected chi connectivity index (χ0v) is 13.5. The molecule has 1 saturated carbocycles. The van der Waals surface area contributed by atoms with Crippen molar-refractivity contribution >= 4 is 23.5 Å². The Bertz CT molecular complexity index is 585. The number of amides is 1. The molecule has 0 radical (unpaired) electrons. The van der Waals surface area contributed by atoms with E-state index in [1.807, 2.05) is 24.3 Å². The average molecular weight is 338 g/mol. The molecule has 1 heterocycles. The largest absolute Gasteiger partial charge is 0.479 e. The minimum atomic E-state index is -1.01. The first-order chi connectivity index (χ1) is 11.0. The molecule has 1 saturated heterocycles. The molecule has 2 aliphatic rings. The van der Waals surface area contributed by atoms with Gasteiger partial charge in [0.25, 0.3) is 0 Å². The Labute approximate surface area is 140 Å². The Hall–Kier alpha value is -1.59. The highest BCUT2D eigenvalue weighted by atomic mass is 35.5. The summed E-state index contributed by atoms with van der Waals surface area (Å²) < 4.78 is 5.34. The Morgan fingerprint density at radius 2 is 1.78 bits per heavy atom. The first kappa shape index (κ1) is 16.3. The summed E-state index contributed by atoms with van der Waals surface area (Å²) in [5.41, 5.74) is 1.03. The highest BCUT2D eigenvalue weighted by Gasteiger charge is 2.37. The fourth-order valence-electron chi connectivity index (χ4n) is 3.17. The van der Waals surface area contributed by atoms with Gasteiger partial charge in [0.2, 0.25) is 5.91 Å². The maximum atomic E-state index is 12.5. The third-order valence-corrected chi connectivity index (χ3v) is 4.99. The molecule has 0 aromatic heterocycles. The van der Waals surface area contributed by atoms with Crippen LogP contribution in [0, 0.1) is 5.92 Å². The number of carbonyl (C=O) groups excluding carboxylic acids is 1. The molecule has 1 aromatic carbocycles. The lowest BCUT2D eigenvalue weighted by Crippen LogP contribution is -2.41. The second-order valence-corrected chi connectivity index (χ2v) is 6.69. The SMILES string of the molecule is O=C(NC(c1ccc(Cl)cc1)C1CCC1)[C@@H]1CC[C@H](C(=O)O)O1. The Morgan fingerprint density at radius 3 is 2.30 bits per heavy atom. The van der Waals surface area contributed by atoms with E-state index < -0.39 is 18.2 Å². The summed E-state index contributed by atoms with van der Waals surface area (Å²) in [4.78, 5) is 23.4. The normalized spacial score (nSPS) is 25.6. The van der Waals surface area contributed by atoms with Crippen molar-refractivity contribution in [1.82, 2.24) is 5.32 Å². The van der Waals surface area contributed by atoms with Gasteiger partial charge in [0.05, 0.1) is 6.04 Å². The summed E-state index contributed by atoms with van der Waals surface area (Å²) >= 11 is 5.94. The zero-order chi connectivity index (χ0) is 16.4. The van der Waals surface area contributed by atoms with E-state index in [9.17, 15) is 9.59 Å². The van der Waals surface area contributed by atoms with Crippen LogP contribution in [0.15, 0.2) is 24.3 Å². The molecule has 1 unspecified atom stereocenters. The average Bonchev–Trinajstić information content (AvgIpc) is 2.95. The predicted molar refractivity (Wildman–Crippen MR) is 85.2 cm³/mol. The number of ether oxygens (including phenoxy) is 1. The number of aliphatic carboxylic acids is 1. The van der Waals surface area contributed by atoms with E-state index >= 15 is 0 Å². The van der Waals surface area contributed by atoms with E-state index in [1.165, 1.54) is 6.42 Å². The molecule has 6 heteroatoms. The molecule has 5 nitrogen and oxygen atoms in total. The van der Waals surface area contributed by atoms with E-state index in [1.54, 1.807) is 0 Å². The molecule has 1 aromatic rings. The van der Waals surface area contributed by atoms with Crippen molar-refractivity contribution in [2.75, 3.05) is 0 Å². The van der Waals surface area contributed by atoms with Crippen LogP contribution in [-0.2, 0) is 14.3 Å². The van der Waals surface area contributed by atoms with Gasteiger partial charge in [-0.05, 0) is 49.3 Å². The van der Waals surface area contributed by atoms with Gasteiger partial charge in [-0.3, -0.25) is 4.79 Å². The maximum absolute atomic E-state index is 12.5. The first-order valence-electron chi connectivity index (χ1n) is 7.98. The van der Waals surface area contributed by atoms with Gasteiger partial charge in [0.15, 0.2) is 6.10 Å². The number of hydrogen-bond acceptors (Lipinski definition) is 3. The Morgan fingerprint density at radius 1 is 1.13 bits per heavy atom. The zero-order valence-electron chi connectivity index (χ0n) is 12.7. The molecule has 1 amide bonds. The van der Waals surface area contributed by atoms with E-state index in [2.05, 4.69) is 5.32 Å². The molecule has 1 aliphatic heterocycles. The number of halogens is 1. The lowest BCUT2D eigenvalue weighted by Gasteiger charge is -2.35. The van der Waals surface area contributed by atoms with Crippen LogP contribution in [0.2, 0.25) is 5.02 Å². The summed E-state index contributed by atoms with van der Waals surface area (Å²) in [6.45, 7) is 0. The number of benzene rings is 1. The van der Waals surface area contributed by atoms with E-state index in [0.29, 0.717) is 23.8 Å². The lowest BCUT2D eigenvalue weighted by atomic mass is 9.77. The first-order valence-corrected chi connectivity index (χ1v) is 8.36. The molecular formula is C17H20ClNO4. The second-order valence-electron chi connectivity index (χ2n) is 6.26. The summed E-state index contributed by atoms with van der Waals surface area (Å²) in [6, 6.07) is 7.44.